The second kappa shape index (κ2) is 6.48. The van der Waals surface area contributed by atoms with Crippen molar-refractivity contribution in [1.82, 2.24) is 4.98 Å². The number of hydrogen-bond donors (Lipinski definition) is 4. The smallest absolute Gasteiger partial charge is 0.316 e. The predicted octanol–water partition coefficient (Wildman–Crippen LogP) is 2.79. The van der Waals surface area contributed by atoms with E-state index in [1.54, 1.807) is 31.2 Å². The number of fused-ring (bicyclic) bond motifs is 1. The third-order valence-corrected chi connectivity index (χ3v) is 3.71. The zero-order valence-electron chi connectivity index (χ0n) is 13.4. The molecule has 3 rings (SSSR count). The number of aryl methyl sites for hydroxylation is 1. The topological polar surface area (TPSA) is 117 Å². The Bertz CT molecular complexity index is 991. The van der Waals surface area contributed by atoms with Gasteiger partial charge in [0, 0.05) is 28.0 Å². The summed E-state index contributed by atoms with van der Waals surface area (Å²) in [5.74, 6) is -1.40. The maximum Gasteiger partial charge on any atom is 0.316 e. The van der Waals surface area contributed by atoms with Crippen LogP contribution >= 0.6 is 0 Å². The molecular formula is C18H16N4O3. The third-order valence-electron chi connectivity index (χ3n) is 3.71. The number of H-pyrrole nitrogens is 1. The first-order valence-corrected chi connectivity index (χ1v) is 7.55. The van der Waals surface area contributed by atoms with Crippen molar-refractivity contribution < 1.29 is 14.4 Å². The van der Waals surface area contributed by atoms with Crippen molar-refractivity contribution >= 4 is 40.0 Å². The molecule has 1 aromatic heterocycles. The van der Waals surface area contributed by atoms with Crippen LogP contribution in [0.25, 0.3) is 10.9 Å². The fourth-order valence-electron chi connectivity index (χ4n) is 2.69. The first-order valence-electron chi connectivity index (χ1n) is 7.55. The fraction of sp³-hybridized carbons (Fsp3) is 0.0556. The van der Waals surface area contributed by atoms with Crippen LogP contribution in [0.4, 0.5) is 16.2 Å². The van der Waals surface area contributed by atoms with Gasteiger partial charge in [0.2, 0.25) is 0 Å². The van der Waals surface area contributed by atoms with Gasteiger partial charge in [-0.05, 0) is 31.2 Å². The zero-order valence-corrected chi connectivity index (χ0v) is 13.4. The molecule has 7 heteroatoms. The average Bonchev–Trinajstić information content (AvgIpc) is 2.89. The van der Waals surface area contributed by atoms with E-state index in [-0.39, 0.29) is 0 Å². The molecule has 0 aliphatic heterocycles. The monoisotopic (exact) mass is 336 g/mol. The molecule has 0 saturated carbocycles. The van der Waals surface area contributed by atoms with E-state index < -0.39 is 17.7 Å². The van der Waals surface area contributed by atoms with E-state index in [4.69, 9.17) is 5.73 Å². The van der Waals surface area contributed by atoms with Gasteiger partial charge >= 0.3 is 6.03 Å². The van der Waals surface area contributed by atoms with E-state index in [0.717, 1.165) is 5.52 Å². The molecule has 0 unspecified atom stereocenters. The molecule has 126 valence electrons. The lowest BCUT2D eigenvalue weighted by Gasteiger charge is -2.07. The number of carbonyl (C=O) groups is 3. The van der Waals surface area contributed by atoms with Crippen LogP contribution in [0, 0.1) is 6.92 Å². The van der Waals surface area contributed by atoms with E-state index in [1.807, 2.05) is 18.2 Å². The minimum Gasteiger partial charge on any atom is -0.358 e. The van der Waals surface area contributed by atoms with Gasteiger partial charge in [-0.2, -0.15) is 0 Å². The normalized spacial score (nSPS) is 10.4. The number of ketones is 1. The van der Waals surface area contributed by atoms with Crippen LogP contribution in [0.15, 0.2) is 48.5 Å². The number of hydrogen-bond acceptors (Lipinski definition) is 3. The van der Waals surface area contributed by atoms with E-state index in [9.17, 15) is 14.4 Å². The van der Waals surface area contributed by atoms with E-state index in [1.165, 1.54) is 6.07 Å². The second-order valence-corrected chi connectivity index (χ2v) is 5.52. The number of nitrogens with two attached hydrogens (primary N) is 1. The molecule has 1 heterocycles. The molecule has 0 radical (unpaired) electrons. The number of amides is 3. The SMILES string of the molecule is Cc1[nH]c2ccccc2c1C(=O)C(=O)Nc1cccc(NC(N)=O)c1. The van der Waals surface area contributed by atoms with Crippen molar-refractivity contribution in [3.63, 3.8) is 0 Å². The molecule has 25 heavy (non-hydrogen) atoms. The number of para-hydroxylation sites is 1. The van der Waals surface area contributed by atoms with Crippen molar-refractivity contribution in [1.29, 1.82) is 0 Å². The molecule has 7 nitrogen and oxygen atoms in total. The molecule has 0 aliphatic carbocycles. The summed E-state index contributed by atoms with van der Waals surface area (Å²) in [5.41, 5.74) is 7.63. The Balaban J connectivity index is 1.85. The number of benzene rings is 2. The summed E-state index contributed by atoms with van der Waals surface area (Å²) in [4.78, 5) is 38.9. The molecule has 0 saturated heterocycles. The van der Waals surface area contributed by atoms with Crippen LogP contribution in [0.2, 0.25) is 0 Å². The highest BCUT2D eigenvalue weighted by atomic mass is 16.2. The summed E-state index contributed by atoms with van der Waals surface area (Å²) in [6.45, 7) is 1.75. The number of anilines is 2. The van der Waals surface area contributed by atoms with Crippen LogP contribution in [0.3, 0.4) is 0 Å². The van der Waals surface area contributed by atoms with Crippen LogP contribution < -0.4 is 16.4 Å². The number of primary amides is 1. The number of aromatic nitrogens is 1. The highest BCUT2D eigenvalue weighted by Crippen LogP contribution is 2.23. The van der Waals surface area contributed by atoms with Gasteiger partial charge in [-0.15, -0.1) is 0 Å². The van der Waals surface area contributed by atoms with Crippen molar-refractivity contribution in [3.8, 4) is 0 Å². The first-order chi connectivity index (χ1) is 12.0. The Morgan fingerprint density at radius 1 is 0.960 bits per heavy atom. The van der Waals surface area contributed by atoms with Crippen LogP contribution in [-0.4, -0.2) is 22.7 Å². The van der Waals surface area contributed by atoms with Gasteiger partial charge in [0.1, 0.15) is 0 Å². The molecule has 0 atom stereocenters. The summed E-state index contributed by atoms with van der Waals surface area (Å²) in [6.07, 6.45) is 0. The molecule has 0 spiro atoms. The Morgan fingerprint density at radius 3 is 2.36 bits per heavy atom. The van der Waals surface area contributed by atoms with Crippen molar-refractivity contribution in [2.75, 3.05) is 10.6 Å². The first kappa shape index (κ1) is 16.3. The molecular weight excluding hydrogens is 320 g/mol. The van der Waals surface area contributed by atoms with Gasteiger partial charge in [0.15, 0.2) is 0 Å². The quantitative estimate of drug-likeness (QED) is 0.433. The minimum atomic E-state index is -0.760. The number of carbonyl (C=O) groups excluding carboxylic acids is 3. The lowest BCUT2D eigenvalue weighted by atomic mass is 10.1. The summed E-state index contributed by atoms with van der Waals surface area (Å²) in [7, 11) is 0. The zero-order chi connectivity index (χ0) is 18.0. The van der Waals surface area contributed by atoms with Gasteiger partial charge in [0.05, 0.1) is 5.56 Å². The Labute approximate surface area is 143 Å². The largest absolute Gasteiger partial charge is 0.358 e. The van der Waals surface area contributed by atoms with Crippen molar-refractivity contribution in [2.45, 2.75) is 6.92 Å². The standard InChI is InChI=1S/C18H16N4O3/c1-10-15(13-7-2-3-8-14(13)20-10)16(23)17(24)21-11-5-4-6-12(9-11)22-18(19)25/h2-9,20H,1H3,(H,21,24)(H3,19,22,25). The average molecular weight is 336 g/mol. The number of aromatic amines is 1. The molecule has 3 aromatic rings. The molecule has 5 N–H and O–H groups in total. The van der Waals surface area contributed by atoms with E-state index >= 15 is 0 Å². The number of Topliss-reactive ketones (excluding diaryl/α,β-unsaturated/α-hetero) is 1. The number of urea groups is 1. The highest BCUT2D eigenvalue weighted by molar-refractivity contribution is 6.48. The molecule has 3 amide bonds. The maximum atomic E-state index is 12.6. The predicted molar refractivity (Wildman–Crippen MR) is 95.6 cm³/mol. The maximum absolute atomic E-state index is 12.6. The second-order valence-electron chi connectivity index (χ2n) is 5.52. The summed E-state index contributed by atoms with van der Waals surface area (Å²) >= 11 is 0. The lowest BCUT2D eigenvalue weighted by molar-refractivity contribution is -0.112. The van der Waals surface area contributed by atoms with Gasteiger partial charge in [-0.3, -0.25) is 9.59 Å². The Morgan fingerprint density at radius 2 is 1.64 bits per heavy atom. The minimum absolute atomic E-state index is 0.347. The Kier molecular flexibility index (Phi) is 4.21. The molecule has 0 bridgehead atoms. The molecule has 2 aromatic carbocycles. The van der Waals surface area contributed by atoms with Gasteiger partial charge in [-0.25, -0.2) is 4.79 Å². The third kappa shape index (κ3) is 3.35. The summed E-state index contributed by atoms with van der Waals surface area (Å²) < 4.78 is 0. The van der Waals surface area contributed by atoms with Gasteiger partial charge in [-0.1, -0.05) is 24.3 Å². The number of rotatable bonds is 4. The summed E-state index contributed by atoms with van der Waals surface area (Å²) in [5, 5.41) is 5.65. The van der Waals surface area contributed by atoms with Crippen LogP contribution in [0.1, 0.15) is 16.1 Å². The molecule has 0 aliphatic rings. The highest BCUT2D eigenvalue weighted by Gasteiger charge is 2.22. The van der Waals surface area contributed by atoms with E-state index in [0.29, 0.717) is 28.0 Å². The van der Waals surface area contributed by atoms with Crippen molar-refractivity contribution in [3.05, 3.63) is 59.8 Å². The number of nitrogens with one attached hydrogen (secondary N) is 3. The molecule has 0 fully saturated rings. The van der Waals surface area contributed by atoms with E-state index in [2.05, 4.69) is 15.6 Å². The summed E-state index contributed by atoms with van der Waals surface area (Å²) in [6, 6.07) is 12.9. The van der Waals surface area contributed by atoms with Crippen LogP contribution in [-0.2, 0) is 4.79 Å². The van der Waals surface area contributed by atoms with Gasteiger partial charge < -0.3 is 21.4 Å². The van der Waals surface area contributed by atoms with Crippen LogP contribution in [0.5, 0.6) is 0 Å². The fourth-order valence-corrected chi connectivity index (χ4v) is 2.69. The lowest BCUT2D eigenvalue weighted by Crippen LogP contribution is -2.23. The van der Waals surface area contributed by atoms with Crippen molar-refractivity contribution in [2.24, 2.45) is 5.73 Å². The Hall–Kier alpha value is -3.61. The van der Waals surface area contributed by atoms with Gasteiger partial charge in [0.25, 0.3) is 11.7 Å².